The van der Waals surface area contributed by atoms with Crippen molar-refractivity contribution in [2.45, 2.75) is 11.3 Å². The minimum absolute atomic E-state index is 0.135. The SMILES string of the molecule is O=C=NC1=CC(N=C=O)(N=C=O)C([N+](=O)[O-])([N+](=O)[O-])C=C1N=C=O. The summed E-state index contributed by atoms with van der Waals surface area (Å²) in [4.78, 5) is 73.3. The third-order valence-corrected chi connectivity index (χ3v) is 2.80. The summed E-state index contributed by atoms with van der Waals surface area (Å²) in [6.45, 7) is 0. The van der Waals surface area contributed by atoms with Crippen molar-refractivity contribution < 1.29 is 29.0 Å². The average molecular weight is 334 g/mol. The van der Waals surface area contributed by atoms with E-state index in [2.05, 4.69) is 20.0 Å². The molecule has 14 heteroatoms. The Labute approximate surface area is 129 Å². The largest absolute Gasteiger partial charge is 0.529 e. The number of hydrogen-bond donors (Lipinski definition) is 0. The van der Waals surface area contributed by atoms with Gasteiger partial charge in [-0.25, -0.2) is 19.2 Å². The molecule has 0 aromatic heterocycles. The molecule has 0 fully saturated rings. The molecule has 0 aliphatic heterocycles. The Hall–Kier alpha value is -4.20. The van der Waals surface area contributed by atoms with Crippen molar-refractivity contribution in [1.82, 2.24) is 0 Å². The number of nitro groups is 2. The van der Waals surface area contributed by atoms with Crippen LogP contribution in [0.1, 0.15) is 0 Å². The summed E-state index contributed by atoms with van der Waals surface area (Å²) in [7, 11) is 0. The number of isocyanates is 4. The maximum atomic E-state index is 11.4. The molecule has 0 atom stereocenters. The molecule has 120 valence electrons. The summed E-state index contributed by atoms with van der Waals surface area (Å²) in [6, 6.07) is 0. The predicted octanol–water partition coefficient (Wildman–Crippen LogP) is -0.943. The van der Waals surface area contributed by atoms with E-state index in [0.717, 1.165) is 24.3 Å². The van der Waals surface area contributed by atoms with Crippen molar-refractivity contribution in [3.05, 3.63) is 43.8 Å². The van der Waals surface area contributed by atoms with Gasteiger partial charge in [-0.1, -0.05) is 0 Å². The van der Waals surface area contributed by atoms with Gasteiger partial charge < -0.3 is 0 Å². The molecule has 0 bridgehead atoms. The van der Waals surface area contributed by atoms with Gasteiger partial charge in [-0.3, -0.25) is 20.2 Å². The standard InChI is InChI=1S/C10H2N6O8/c17-3-11-7-1-9(13-5-19,14-6-20)10(15(21)22,16(23)24)2-8(7)12-4-18/h1-2H. The van der Waals surface area contributed by atoms with Gasteiger partial charge in [-0.2, -0.15) is 20.0 Å². The molecule has 1 aliphatic carbocycles. The molecule has 0 aromatic rings. The third-order valence-electron chi connectivity index (χ3n) is 2.80. The van der Waals surface area contributed by atoms with E-state index < -0.39 is 32.6 Å². The van der Waals surface area contributed by atoms with E-state index in [4.69, 9.17) is 0 Å². The van der Waals surface area contributed by atoms with Crippen LogP contribution in [0.4, 0.5) is 0 Å². The number of hydrogen-bond acceptors (Lipinski definition) is 12. The Bertz CT molecular complexity index is 786. The fourth-order valence-electron chi connectivity index (χ4n) is 1.85. The summed E-state index contributed by atoms with van der Waals surface area (Å²) in [6.07, 6.45) is 4.03. The zero-order valence-electron chi connectivity index (χ0n) is 11.1. The molecule has 0 unspecified atom stereocenters. The lowest BCUT2D eigenvalue weighted by molar-refractivity contribution is -0.789. The topological polar surface area (TPSA) is 204 Å². The van der Waals surface area contributed by atoms with Crippen LogP contribution in [0.5, 0.6) is 0 Å². The van der Waals surface area contributed by atoms with E-state index in [-0.39, 0.29) is 6.08 Å². The Balaban J connectivity index is 4.13. The van der Waals surface area contributed by atoms with Crippen LogP contribution in [-0.2, 0) is 19.2 Å². The molecule has 0 spiro atoms. The van der Waals surface area contributed by atoms with Crippen LogP contribution < -0.4 is 0 Å². The maximum Gasteiger partial charge on any atom is 0.529 e. The highest BCUT2D eigenvalue weighted by molar-refractivity contribution is 5.54. The molecule has 1 aliphatic rings. The summed E-state index contributed by atoms with van der Waals surface area (Å²) in [5.41, 5.74) is -8.20. The molecule has 0 amide bonds. The third kappa shape index (κ3) is 2.50. The van der Waals surface area contributed by atoms with Gasteiger partial charge in [-0.05, 0) is 0 Å². The monoisotopic (exact) mass is 334 g/mol. The minimum Gasteiger partial charge on any atom is -0.258 e. The van der Waals surface area contributed by atoms with Crippen LogP contribution in [-0.4, -0.2) is 45.5 Å². The average Bonchev–Trinajstić information content (AvgIpc) is 2.50. The lowest BCUT2D eigenvalue weighted by Crippen LogP contribution is -2.61. The van der Waals surface area contributed by atoms with Gasteiger partial charge in [0.15, 0.2) is 0 Å². The molecule has 0 saturated carbocycles. The van der Waals surface area contributed by atoms with Gasteiger partial charge in [0, 0.05) is 6.08 Å². The number of rotatable bonds is 6. The van der Waals surface area contributed by atoms with Crippen LogP contribution in [0.2, 0.25) is 0 Å². The fraction of sp³-hybridized carbons (Fsp3) is 0.200. The van der Waals surface area contributed by atoms with Crippen LogP contribution in [0.3, 0.4) is 0 Å². The number of carbonyl (C=O) groups excluding carboxylic acids is 4. The van der Waals surface area contributed by atoms with Crippen LogP contribution in [0.25, 0.3) is 0 Å². The van der Waals surface area contributed by atoms with E-state index in [1.807, 2.05) is 0 Å². The smallest absolute Gasteiger partial charge is 0.258 e. The van der Waals surface area contributed by atoms with Gasteiger partial charge in [0.25, 0.3) is 0 Å². The lowest BCUT2D eigenvalue weighted by atomic mass is 9.87. The molecule has 0 saturated heterocycles. The molecule has 14 nitrogen and oxygen atoms in total. The van der Waals surface area contributed by atoms with Crippen molar-refractivity contribution in [2.24, 2.45) is 20.0 Å². The molecule has 0 heterocycles. The van der Waals surface area contributed by atoms with Gasteiger partial charge in [0.2, 0.25) is 24.3 Å². The van der Waals surface area contributed by atoms with E-state index in [1.165, 1.54) is 0 Å². The lowest BCUT2D eigenvalue weighted by Gasteiger charge is -2.27. The molecular weight excluding hydrogens is 332 g/mol. The first-order valence-electron chi connectivity index (χ1n) is 5.44. The molecule has 0 radical (unpaired) electrons. The van der Waals surface area contributed by atoms with E-state index in [9.17, 15) is 39.4 Å². The predicted molar refractivity (Wildman–Crippen MR) is 68.1 cm³/mol. The summed E-state index contributed by atoms with van der Waals surface area (Å²) in [5.74, 6) is 0. The molecule has 0 N–H and O–H groups in total. The number of aliphatic imine (C=N–C) groups is 4. The van der Waals surface area contributed by atoms with E-state index >= 15 is 0 Å². The Kier molecular flexibility index (Phi) is 4.99. The van der Waals surface area contributed by atoms with Gasteiger partial charge in [0.05, 0.1) is 0 Å². The normalized spacial score (nSPS) is 20.5. The highest BCUT2D eigenvalue weighted by atomic mass is 16.7. The first kappa shape index (κ1) is 17.9. The van der Waals surface area contributed by atoms with E-state index in [1.54, 1.807) is 0 Å². The second kappa shape index (κ2) is 6.71. The van der Waals surface area contributed by atoms with Gasteiger partial charge in [0.1, 0.15) is 27.3 Å². The molecule has 0 aromatic carbocycles. The molecular formula is C10H2N6O8. The van der Waals surface area contributed by atoms with Crippen molar-refractivity contribution in [2.75, 3.05) is 0 Å². The molecule has 24 heavy (non-hydrogen) atoms. The number of nitrogens with zero attached hydrogens (tertiary/aromatic N) is 6. The summed E-state index contributed by atoms with van der Waals surface area (Å²) < 4.78 is 0. The van der Waals surface area contributed by atoms with Crippen molar-refractivity contribution in [1.29, 1.82) is 0 Å². The zero-order valence-corrected chi connectivity index (χ0v) is 11.1. The van der Waals surface area contributed by atoms with Crippen LogP contribution >= 0.6 is 0 Å². The highest BCUT2D eigenvalue weighted by Gasteiger charge is 2.74. The Morgan fingerprint density at radius 3 is 1.54 bits per heavy atom. The van der Waals surface area contributed by atoms with Crippen molar-refractivity contribution in [3.63, 3.8) is 0 Å². The zero-order chi connectivity index (χ0) is 18.4. The highest BCUT2D eigenvalue weighted by Crippen LogP contribution is 2.41. The summed E-state index contributed by atoms with van der Waals surface area (Å²) >= 11 is 0. The fourth-order valence-corrected chi connectivity index (χ4v) is 1.85. The first-order valence-corrected chi connectivity index (χ1v) is 5.44. The summed E-state index contributed by atoms with van der Waals surface area (Å²) in [5, 5.41) is 22.7. The Morgan fingerprint density at radius 1 is 0.792 bits per heavy atom. The van der Waals surface area contributed by atoms with Gasteiger partial charge >= 0.3 is 11.3 Å². The maximum absolute atomic E-state index is 11.4. The second-order valence-corrected chi connectivity index (χ2v) is 3.84. The van der Waals surface area contributed by atoms with Gasteiger partial charge in [-0.15, -0.1) is 0 Å². The van der Waals surface area contributed by atoms with Crippen LogP contribution in [0.15, 0.2) is 43.5 Å². The van der Waals surface area contributed by atoms with Crippen molar-refractivity contribution >= 4 is 24.3 Å². The van der Waals surface area contributed by atoms with Crippen molar-refractivity contribution in [3.8, 4) is 0 Å². The molecule has 1 rings (SSSR count). The van der Waals surface area contributed by atoms with E-state index in [0.29, 0.717) is 6.08 Å². The quantitative estimate of drug-likeness (QED) is 0.194. The minimum atomic E-state index is -3.57. The second-order valence-electron chi connectivity index (χ2n) is 3.84. The Morgan fingerprint density at radius 2 is 1.21 bits per heavy atom. The van der Waals surface area contributed by atoms with Crippen LogP contribution in [0, 0.1) is 20.2 Å². The first-order chi connectivity index (χ1) is 11.3.